The maximum absolute atomic E-state index is 12.3. The molecule has 0 saturated carbocycles. The molecule has 1 heterocycles. The van der Waals surface area contributed by atoms with Crippen molar-refractivity contribution in [3.8, 4) is 5.75 Å². The van der Waals surface area contributed by atoms with Crippen LogP contribution < -0.4 is 11.1 Å². The summed E-state index contributed by atoms with van der Waals surface area (Å²) in [5, 5.41) is 12.6. The molecule has 26 heavy (non-hydrogen) atoms. The Morgan fingerprint density at radius 2 is 1.85 bits per heavy atom. The number of benzene rings is 2. The Morgan fingerprint density at radius 1 is 1.12 bits per heavy atom. The Morgan fingerprint density at radius 3 is 2.54 bits per heavy atom. The zero-order chi connectivity index (χ0) is 18.5. The average molecular weight is 353 g/mol. The van der Waals surface area contributed by atoms with Crippen LogP contribution in [0.2, 0.25) is 0 Å². The average Bonchev–Trinajstić information content (AvgIpc) is 2.63. The van der Waals surface area contributed by atoms with Gasteiger partial charge in [0.15, 0.2) is 0 Å². The second-order valence-electron chi connectivity index (χ2n) is 6.62. The van der Waals surface area contributed by atoms with E-state index in [0.717, 1.165) is 38.0 Å². The third-order valence-corrected chi connectivity index (χ3v) is 4.73. The molecule has 6 nitrogen and oxygen atoms in total. The second-order valence-corrected chi connectivity index (χ2v) is 6.62. The smallest absolute Gasteiger partial charge is 0.259 e. The fourth-order valence-electron chi connectivity index (χ4n) is 3.25. The van der Waals surface area contributed by atoms with Crippen molar-refractivity contribution in [3.63, 3.8) is 0 Å². The van der Waals surface area contributed by atoms with Gasteiger partial charge in [0.1, 0.15) is 5.75 Å². The number of nitrogens with zero attached hydrogens (tertiary/aromatic N) is 1. The Kier molecular flexibility index (Phi) is 5.53. The number of rotatable bonds is 5. The standard InChI is InChI=1S/C20H23N3O3/c21-19(25)15-8-10-23(11-9-15)13-14-4-3-5-16(12-14)22-20(26)17-6-1-2-7-18(17)24/h1-7,12,15,24H,8-11,13H2,(H2,21,25)(H,22,26). The predicted octanol–water partition coefficient (Wildman–Crippen LogP) is 2.34. The molecular weight excluding hydrogens is 330 g/mol. The van der Waals surface area contributed by atoms with Gasteiger partial charge in [0, 0.05) is 18.2 Å². The summed E-state index contributed by atoms with van der Waals surface area (Å²) < 4.78 is 0. The van der Waals surface area contributed by atoms with Crippen LogP contribution in [-0.4, -0.2) is 34.9 Å². The van der Waals surface area contributed by atoms with Gasteiger partial charge in [-0.05, 0) is 55.8 Å². The number of likely N-dealkylation sites (tertiary alicyclic amines) is 1. The number of carbonyl (C=O) groups excluding carboxylic acids is 2. The molecule has 0 aromatic heterocycles. The van der Waals surface area contributed by atoms with Crippen LogP contribution in [-0.2, 0) is 11.3 Å². The van der Waals surface area contributed by atoms with E-state index < -0.39 is 0 Å². The number of para-hydroxylation sites is 1. The Hall–Kier alpha value is -2.86. The van der Waals surface area contributed by atoms with Crippen LogP contribution in [0.25, 0.3) is 0 Å². The number of nitrogens with two attached hydrogens (primary N) is 1. The highest BCUT2D eigenvalue weighted by Gasteiger charge is 2.23. The molecule has 0 atom stereocenters. The Bertz CT molecular complexity index is 798. The highest BCUT2D eigenvalue weighted by atomic mass is 16.3. The van der Waals surface area contributed by atoms with Crippen molar-refractivity contribution < 1.29 is 14.7 Å². The third-order valence-electron chi connectivity index (χ3n) is 4.73. The number of amides is 2. The van der Waals surface area contributed by atoms with Crippen LogP contribution >= 0.6 is 0 Å². The van der Waals surface area contributed by atoms with Gasteiger partial charge in [-0.15, -0.1) is 0 Å². The molecule has 3 rings (SSSR count). The molecule has 1 saturated heterocycles. The number of hydrogen-bond donors (Lipinski definition) is 3. The Labute approximate surface area is 152 Å². The van der Waals surface area contributed by atoms with Gasteiger partial charge in [-0.2, -0.15) is 0 Å². The number of phenols is 1. The lowest BCUT2D eigenvalue weighted by atomic mass is 9.96. The van der Waals surface area contributed by atoms with Crippen LogP contribution in [0.15, 0.2) is 48.5 Å². The van der Waals surface area contributed by atoms with Crippen molar-refractivity contribution in [2.24, 2.45) is 11.7 Å². The molecule has 1 aliphatic heterocycles. The lowest BCUT2D eigenvalue weighted by molar-refractivity contribution is -0.123. The van der Waals surface area contributed by atoms with Gasteiger partial charge < -0.3 is 16.2 Å². The van der Waals surface area contributed by atoms with Gasteiger partial charge in [0.25, 0.3) is 5.91 Å². The fourth-order valence-corrected chi connectivity index (χ4v) is 3.25. The first-order valence-electron chi connectivity index (χ1n) is 8.73. The summed E-state index contributed by atoms with van der Waals surface area (Å²) in [5.74, 6) is -0.616. The van der Waals surface area contributed by atoms with Crippen molar-refractivity contribution in [3.05, 3.63) is 59.7 Å². The van der Waals surface area contributed by atoms with E-state index in [2.05, 4.69) is 10.2 Å². The zero-order valence-corrected chi connectivity index (χ0v) is 14.5. The number of phenolic OH excluding ortho intramolecular Hbond substituents is 1. The number of nitrogens with one attached hydrogen (secondary N) is 1. The predicted molar refractivity (Wildman–Crippen MR) is 99.7 cm³/mol. The molecule has 0 bridgehead atoms. The lowest BCUT2D eigenvalue weighted by Crippen LogP contribution is -2.38. The molecule has 4 N–H and O–H groups in total. The van der Waals surface area contributed by atoms with E-state index in [0.29, 0.717) is 5.69 Å². The van der Waals surface area contributed by atoms with Crippen LogP contribution in [0, 0.1) is 5.92 Å². The first-order valence-corrected chi connectivity index (χ1v) is 8.73. The topological polar surface area (TPSA) is 95.7 Å². The molecule has 1 fully saturated rings. The maximum Gasteiger partial charge on any atom is 0.259 e. The van der Waals surface area contributed by atoms with E-state index in [-0.39, 0.29) is 29.0 Å². The second kappa shape index (κ2) is 8.01. The highest BCUT2D eigenvalue weighted by Crippen LogP contribution is 2.21. The summed E-state index contributed by atoms with van der Waals surface area (Å²) in [7, 11) is 0. The van der Waals surface area contributed by atoms with E-state index in [4.69, 9.17) is 5.73 Å². The molecular formula is C20H23N3O3. The number of carbonyl (C=O) groups is 2. The van der Waals surface area contributed by atoms with Gasteiger partial charge >= 0.3 is 0 Å². The monoisotopic (exact) mass is 353 g/mol. The van der Waals surface area contributed by atoms with Crippen LogP contribution in [0.4, 0.5) is 5.69 Å². The maximum atomic E-state index is 12.3. The molecule has 6 heteroatoms. The summed E-state index contributed by atoms with van der Waals surface area (Å²) in [6.45, 7) is 2.43. The van der Waals surface area contributed by atoms with Crippen molar-refractivity contribution in [1.29, 1.82) is 0 Å². The lowest BCUT2D eigenvalue weighted by Gasteiger charge is -2.30. The minimum Gasteiger partial charge on any atom is -0.507 e. The van der Waals surface area contributed by atoms with Gasteiger partial charge in [0.05, 0.1) is 5.56 Å². The van der Waals surface area contributed by atoms with E-state index in [9.17, 15) is 14.7 Å². The van der Waals surface area contributed by atoms with Crippen LogP contribution in [0.1, 0.15) is 28.8 Å². The number of aromatic hydroxyl groups is 1. The van der Waals surface area contributed by atoms with E-state index >= 15 is 0 Å². The molecule has 1 aliphatic rings. The minimum atomic E-state index is -0.345. The first kappa shape index (κ1) is 17.9. The number of hydrogen-bond acceptors (Lipinski definition) is 4. The number of piperidine rings is 1. The Balaban J connectivity index is 1.61. The molecule has 0 spiro atoms. The van der Waals surface area contributed by atoms with Crippen LogP contribution in [0.3, 0.4) is 0 Å². The SMILES string of the molecule is NC(=O)C1CCN(Cc2cccc(NC(=O)c3ccccc3O)c2)CC1. The van der Waals surface area contributed by atoms with E-state index in [1.54, 1.807) is 18.2 Å². The molecule has 2 aromatic carbocycles. The van der Waals surface area contributed by atoms with E-state index in [1.807, 2.05) is 24.3 Å². The van der Waals surface area contributed by atoms with Crippen molar-refractivity contribution >= 4 is 17.5 Å². The zero-order valence-electron chi connectivity index (χ0n) is 14.5. The summed E-state index contributed by atoms with van der Waals surface area (Å²) in [4.78, 5) is 25.8. The van der Waals surface area contributed by atoms with Gasteiger partial charge in [-0.3, -0.25) is 14.5 Å². The van der Waals surface area contributed by atoms with Crippen molar-refractivity contribution in [1.82, 2.24) is 4.90 Å². The first-order chi connectivity index (χ1) is 12.5. The number of anilines is 1. The van der Waals surface area contributed by atoms with Gasteiger partial charge in [-0.25, -0.2) is 0 Å². The van der Waals surface area contributed by atoms with E-state index in [1.165, 1.54) is 6.07 Å². The molecule has 2 aromatic rings. The highest BCUT2D eigenvalue weighted by molar-refractivity contribution is 6.06. The summed E-state index contributed by atoms with van der Waals surface area (Å²) >= 11 is 0. The van der Waals surface area contributed by atoms with Crippen LogP contribution in [0.5, 0.6) is 5.75 Å². The normalized spacial score (nSPS) is 15.5. The molecule has 0 unspecified atom stereocenters. The summed E-state index contributed by atoms with van der Waals surface area (Å²) in [6.07, 6.45) is 1.58. The number of primary amides is 1. The van der Waals surface area contributed by atoms with Crippen molar-refractivity contribution in [2.75, 3.05) is 18.4 Å². The fraction of sp³-hybridized carbons (Fsp3) is 0.300. The summed E-state index contributed by atoms with van der Waals surface area (Å²) in [5.41, 5.74) is 7.38. The molecule has 0 aliphatic carbocycles. The van der Waals surface area contributed by atoms with Gasteiger partial charge in [-0.1, -0.05) is 24.3 Å². The van der Waals surface area contributed by atoms with Crippen molar-refractivity contribution in [2.45, 2.75) is 19.4 Å². The molecule has 2 amide bonds. The molecule has 136 valence electrons. The third kappa shape index (κ3) is 4.40. The quantitative estimate of drug-likeness (QED) is 0.769. The van der Waals surface area contributed by atoms with Gasteiger partial charge in [0.2, 0.25) is 5.91 Å². The molecule has 0 radical (unpaired) electrons. The minimum absolute atomic E-state index is 0.0181. The summed E-state index contributed by atoms with van der Waals surface area (Å²) in [6, 6.07) is 14.1. The largest absolute Gasteiger partial charge is 0.507 e.